The predicted octanol–water partition coefficient (Wildman–Crippen LogP) is 2.05. The zero-order chi connectivity index (χ0) is 22.2. The van der Waals surface area contributed by atoms with Gasteiger partial charge in [-0.05, 0) is 29.5 Å². The van der Waals surface area contributed by atoms with Crippen molar-refractivity contribution in [3.05, 3.63) is 71.3 Å². The van der Waals surface area contributed by atoms with E-state index in [0.29, 0.717) is 26.1 Å². The summed E-state index contributed by atoms with van der Waals surface area (Å²) in [7, 11) is 0. The van der Waals surface area contributed by atoms with Crippen LogP contribution < -0.4 is 10.6 Å². The van der Waals surface area contributed by atoms with Crippen molar-refractivity contribution in [1.82, 2.24) is 15.5 Å². The fraction of sp³-hybridized carbons (Fsp3) is 0.440. The molecule has 0 aromatic heterocycles. The van der Waals surface area contributed by atoms with Crippen LogP contribution >= 0.6 is 0 Å². The number of amides is 2. The summed E-state index contributed by atoms with van der Waals surface area (Å²) in [5.41, 5.74) is 3.32. The van der Waals surface area contributed by atoms with Crippen molar-refractivity contribution in [2.75, 3.05) is 13.1 Å². The Hall–Kier alpha value is -2.70. The van der Waals surface area contributed by atoms with Crippen LogP contribution in [-0.2, 0) is 29.0 Å². The van der Waals surface area contributed by atoms with Crippen molar-refractivity contribution < 1.29 is 14.7 Å². The van der Waals surface area contributed by atoms with Gasteiger partial charge in [-0.3, -0.25) is 9.59 Å². The summed E-state index contributed by atoms with van der Waals surface area (Å²) in [6.07, 6.45) is 1.46. The molecule has 1 saturated heterocycles. The molecule has 0 bridgehead atoms. The number of aliphatic hydroxyl groups excluding tert-OH is 1. The summed E-state index contributed by atoms with van der Waals surface area (Å²) in [6.45, 7) is 5.26. The van der Waals surface area contributed by atoms with E-state index in [2.05, 4.69) is 29.7 Å². The normalized spacial score (nSPS) is 18.5. The van der Waals surface area contributed by atoms with E-state index in [0.717, 1.165) is 24.0 Å². The van der Waals surface area contributed by atoms with Crippen LogP contribution in [0.2, 0.25) is 0 Å². The molecule has 0 spiro atoms. The molecule has 1 aliphatic rings. The SMILES string of the molecule is CCCc1cccc(C[C@H](NC(C)=O)[C@H](O)C2NCCN(Cc3ccccc3)C2=O)c1. The van der Waals surface area contributed by atoms with E-state index >= 15 is 0 Å². The third-order valence-electron chi connectivity index (χ3n) is 5.67. The first-order valence-corrected chi connectivity index (χ1v) is 11.1. The van der Waals surface area contributed by atoms with Gasteiger partial charge in [-0.1, -0.05) is 67.9 Å². The molecule has 6 nitrogen and oxygen atoms in total. The Balaban J connectivity index is 1.73. The Morgan fingerprint density at radius 3 is 2.58 bits per heavy atom. The third kappa shape index (κ3) is 6.39. The van der Waals surface area contributed by atoms with Gasteiger partial charge in [0.05, 0.1) is 12.1 Å². The predicted molar refractivity (Wildman–Crippen MR) is 121 cm³/mol. The molecule has 2 aromatic rings. The fourth-order valence-corrected chi connectivity index (χ4v) is 4.18. The summed E-state index contributed by atoms with van der Waals surface area (Å²) < 4.78 is 0. The summed E-state index contributed by atoms with van der Waals surface area (Å²) >= 11 is 0. The summed E-state index contributed by atoms with van der Waals surface area (Å²) in [4.78, 5) is 26.8. The number of carbonyl (C=O) groups is 2. The molecule has 3 rings (SSSR count). The number of rotatable bonds is 9. The lowest BCUT2D eigenvalue weighted by atomic mass is 9.93. The van der Waals surface area contributed by atoms with Crippen LogP contribution in [0.1, 0.15) is 37.0 Å². The average Bonchev–Trinajstić information content (AvgIpc) is 2.75. The number of piperazine rings is 1. The number of aliphatic hydroxyl groups is 1. The van der Waals surface area contributed by atoms with Crippen molar-refractivity contribution in [1.29, 1.82) is 0 Å². The molecule has 0 saturated carbocycles. The van der Waals surface area contributed by atoms with Crippen LogP contribution in [0.3, 0.4) is 0 Å². The molecule has 1 aliphatic heterocycles. The highest BCUT2D eigenvalue weighted by Crippen LogP contribution is 2.16. The summed E-state index contributed by atoms with van der Waals surface area (Å²) in [6, 6.07) is 16.7. The lowest BCUT2D eigenvalue weighted by molar-refractivity contribution is -0.141. The maximum Gasteiger partial charge on any atom is 0.242 e. The molecule has 0 aliphatic carbocycles. The molecule has 3 N–H and O–H groups in total. The van der Waals surface area contributed by atoms with Crippen LogP contribution in [-0.4, -0.2) is 53.1 Å². The van der Waals surface area contributed by atoms with Gasteiger partial charge in [0.1, 0.15) is 6.04 Å². The second-order valence-corrected chi connectivity index (χ2v) is 8.25. The molecule has 0 radical (unpaired) electrons. The van der Waals surface area contributed by atoms with Gasteiger partial charge in [0.25, 0.3) is 0 Å². The molecule has 1 unspecified atom stereocenters. The molecule has 3 atom stereocenters. The largest absolute Gasteiger partial charge is 0.389 e. The molecule has 1 heterocycles. The van der Waals surface area contributed by atoms with Gasteiger partial charge < -0.3 is 20.6 Å². The highest BCUT2D eigenvalue weighted by molar-refractivity contribution is 5.83. The van der Waals surface area contributed by atoms with E-state index in [1.165, 1.54) is 12.5 Å². The van der Waals surface area contributed by atoms with Gasteiger partial charge in [-0.25, -0.2) is 0 Å². The first-order valence-electron chi connectivity index (χ1n) is 11.1. The number of carbonyl (C=O) groups excluding carboxylic acids is 2. The van der Waals surface area contributed by atoms with Crippen molar-refractivity contribution >= 4 is 11.8 Å². The summed E-state index contributed by atoms with van der Waals surface area (Å²) in [5.74, 6) is -0.365. The van der Waals surface area contributed by atoms with Crippen molar-refractivity contribution in [2.45, 2.75) is 57.8 Å². The maximum atomic E-state index is 13.1. The van der Waals surface area contributed by atoms with Crippen molar-refractivity contribution in [2.24, 2.45) is 0 Å². The Morgan fingerprint density at radius 2 is 1.87 bits per heavy atom. The highest BCUT2D eigenvalue weighted by Gasteiger charge is 2.38. The highest BCUT2D eigenvalue weighted by atomic mass is 16.3. The minimum absolute atomic E-state index is 0.141. The van der Waals surface area contributed by atoms with Crippen molar-refractivity contribution in [3.8, 4) is 0 Å². The van der Waals surface area contributed by atoms with Crippen LogP contribution in [0.5, 0.6) is 0 Å². The van der Waals surface area contributed by atoms with Crippen LogP contribution in [0.15, 0.2) is 54.6 Å². The van der Waals surface area contributed by atoms with Gasteiger partial charge >= 0.3 is 0 Å². The zero-order valence-corrected chi connectivity index (χ0v) is 18.4. The smallest absolute Gasteiger partial charge is 0.242 e. The zero-order valence-electron chi connectivity index (χ0n) is 18.4. The van der Waals surface area contributed by atoms with Gasteiger partial charge in [-0.15, -0.1) is 0 Å². The number of benzene rings is 2. The Bertz CT molecular complexity index is 871. The minimum atomic E-state index is -1.04. The van der Waals surface area contributed by atoms with E-state index in [1.807, 2.05) is 42.5 Å². The standard InChI is InChI=1S/C25H33N3O3/c1-3-8-19-11-7-12-21(15-19)16-22(27-18(2)29)24(30)23-25(31)28(14-13-26-23)17-20-9-5-4-6-10-20/h4-7,9-12,15,22-24,26,30H,3,8,13-14,16-17H2,1-2H3,(H,27,29)/t22-,23?,24-/m0/s1. The lowest BCUT2D eigenvalue weighted by Gasteiger charge is -2.38. The van der Waals surface area contributed by atoms with E-state index in [4.69, 9.17) is 0 Å². The Kier molecular flexibility index (Phi) is 8.20. The number of hydrogen-bond acceptors (Lipinski definition) is 4. The number of nitrogens with zero attached hydrogens (tertiary/aromatic N) is 1. The Labute approximate surface area is 184 Å². The van der Waals surface area contributed by atoms with Gasteiger partial charge in [0.2, 0.25) is 11.8 Å². The first-order chi connectivity index (χ1) is 15.0. The van der Waals surface area contributed by atoms with Crippen LogP contribution in [0, 0.1) is 0 Å². The number of hydrogen-bond donors (Lipinski definition) is 3. The number of nitrogens with one attached hydrogen (secondary N) is 2. The molecule has 166 valence electrons. The maximum absolute atomic E-state index is 13.1. The average molecular weight is 424 g/mol. The molecule has 2 amide bonds. The quantitative estimate of drug-likeness (QED) is 0.577. The lowest BCUT2D eigenvalue weighted by Crippen LogP contribution is -2.63. The Morgan fingerprint density at radius 1 is 1.16 bits per heavy atom. The van der Waals surface area contributed by atoms with Gasteiger partial charge in [0, 0.05) is 26.6 Å². The monoisotopic (exact) mass is 423 g/mol. The van der Waals surface area contributed by atoms with Crippen LogP contribution in [0.4, 0.5) is 0 Å². The number of aryl methyl sites for hydroxylation is 1. The minimum Gasteiger partial charge on any atom is -0.389 e. The first kappa shape index (κ1) is 23.0. The summed E-state index contributed by atoms with van der Waals surface area (Å²) in [5, 5.41) is 17.2. The van der Waals surface area contributed by atoms with Crippen molar-refractivity contribution in [3.63, 3.8) is 0 Å². The van der Waals surface area contributed by atoms with E-state index < -0.39 is 18.2 Å². The molecule has 6 heteroatoms. The molecule has 1 fully saturated rings. The fourth-order valence-electron chi connectivity index (χ4n) is 4.18. The van der Waals surface area contributed by atoms with Gasteiger partial charge in [0.15, 0.2) is 0 Å². The van der Waals surface area contributed by atoms with Gasteiger partial charge in [-0.2, -0.15) is 0 Å². The molecular formula is C25H33N3O3. The third-order valence-corrected chi connectivity index (χ3v) is 5.67. The van der Waals surface area contributed by atoms with E-state index in [9.17, 15) is 14.7 Å². The molecular weight excluding hydrogens is 390 g/mol. The van der Waals surface area contributed by atoms with Crippen LogP contribution in [0.25, 0.3) is 0 Å². The topological polar surface area (TPSA) is 81.7 Å². The molecule has 31 heavy (non-hydrogen) atoms. The second kappa shape index (κ2) is 11.1. The molecule has 2 aromatic carbocycles. The van der Waals surface area contributed by atoms with E-state index in [1.54, 1.807) is 4.90 Å². The van der Waals surface area contributed by atoms with E-state index in [-0.39, 0.29) is 11.8 Å². The second-order valence-electron chi connectivity index (χ2n) is 8.25.